The van der Waals surface area contributed by atoms with Crippen LogP contribution in [0.4, 0.5) is 0 Å². The van der Waals surface area contributed by atoms with Crippen molar-refractivity contribution in [3.8, 4) is 0 Å². The van der Waals surface area contributed by atoms with Crippen molar-refractivity contribution in [1.82, 2.24) is 20.0 Å². The summed E-state index contributed by atoms with van der Waals surface area (Å²) in [6.07, 6.45) is 2.71. The average molecular weight is 739 g/mol. The Bertz CT molecular complexity index is 1450. The molecule has 2 aliphatic rings. The minimum Gasteiger partial charge on any atom is -0.460 e. The molecule has 0 bridgehead atoms. The summed E-state index contributed by atoms with van der Waals surface area (Å²) in [5.74, 6) is -5.26. The number of unbranched alkanes of at least 4 members (excludes halogenated alkanes) is 1. The van der Waals surface area contributed by atoms with E-state index in [2.05, 4.69) is 11.9 Å². The van der Waals surface area contributed by atoms with Gasteiger partial charge in [0.05, 0.1) is 5.92 Å². The summed E-state index contributed by atoms with van der Waals surface area (Å²) in [5, 5.41) is 2.89. The number of hydrogen-bond donors (Lipinski definition) is 1. The first-order valence-corrected chi connectivity index (χ1v) is 19.2. The van der Waals surface area contributed by atoms with E-state index in [1.54, 1.807) is 47.7 Å². The molecule has 0 aliphatic carbocycles. The summed E-state index contributed by atoms with van der Waals surface area (Å²) >= 11 is 0. The van der Waals surface area contributed by atoms with Gasteiger partial charge < -0.3 is 29.5 Å². The van der Waals surface area contributed by atoms with Crippen LogP contribution in [-0.2, 0) is 44.7 Å². The molecule has 4 amide bonds. The number of esters is 2. The Hall–Kier alpha value is -4.22. The molecular formula is C41H62N4O8. The lowest BCUT2D eigenvalue weighted by Crippen LogP contribution is -2.57. The van der Waals surface area contributed by atoms with Crippen LogP contribution in [0.15, 0.2) is 43.0 Å². The molecular weight excluding hydrogens is 676 g/mol. The molecule has 2 saturated heterocycles. The molecule has 2 heterocycles. The van der Waals surface area contributed by atoms with Gasteiger partial charge in [0.2, 0.25) is 17.7 Å². The smallest absolute Gasteiger partial charge is 0.329 e. The molecule has 1 N–H and O–H groups in total. The van der Waals surface area contributed by atoms with E-state index in [-0.39, 0.29) is 24.8 Å². The van der Waals surface area contributed by atoms with E-state index in [9.17, 15) is 28.8 Å². The van der Waals surface area contributed by atoms with E-state index in [1.165, 1.54) is 21.7 Å². The molecule has 12 heteroatoms. The van der Waals surface area contributed by atoms with Crippen LogP contribution in [0.5, 0.6) is 0 Å². The molecule has 2 aliphatic heterocycles. The van der Waals surface area contributed by atoms with Crippen LogP contribution in [0.3, 0.4) is 0 Å². The first kappa shape index (κ1) is 43.2. The fourth-order valence-electron chi connectivity index (χ4n) is 7.35. The van der Waals surface area contributed by atoms with Gasteiger partial charge in [-0.3, -0.25) is 19.2 Å². The molecule has 0 aromatic heterocycles. The van der Waals surface area contributed by atoms with Gasteiger partial charge in [-0.2, -0.15) is 0 Å². The first-order chi connectivity index (χ1) is 25.0. The van der Waals surface area contributed by atoms with Crippen LogP contribution in [0.1, 0.15) is 92.6 Å². The van der Waals surface area contributed by atoms with Gasteiger partial charge in [0.15, 0.2) is 6.10 Å². The largest absolute Gasteiger partial charge is 0.460 e. The fourth-order valence-corrected chi connectivity index (χ4v) is 7.35. The van der Waals surface area contributed by atoms with Crippen LogP contribution in [-0.4, -0.2) is 107 Å². The molecule has 2 fully saturated rings. The van der Waals surface area contributed by atoms with E-state index in [0.29, 0.717) is 38.5 Å². The second kappa shape index (κ2) is 19.7. The lowest BCUT2D eigenvalue weighted by molar-refractivity contribution is -0.170. The number of carbonyl (C=O) groups excluding carboxylic acids is 6. The second-order valence-corrected chi connectivity index (χ2v) is 15.4. The Labute approximate surface area is 316 Å². The highest BCUT2D eigenvalue weighted by molar-refractivity contribution is 5.95. The van der Waals surface area contributed by atoms with Crippen LogP contribution in [0, 0.1) is 23.7 Å². The molecule has 12 nitrogen and oxygen atoms in total. The Balaban J connectivity index is 2.18. The Kier molecular flexibility index (Phi) is 16.1. The minimum atomic E-state index is -1.29. The van der Waals surface area contributed by atoms with Gasteiger partial charge in [-0.05, 0) is 55.4 Å². The van der Waals surface area contributed by atoms with Crippen molar-refractivity contribution < 1.29 is 38.2 Å². The van der Waals surface area contributed by atoms with Gasteiger partial charge in [0.25, 0.3) is 5.91 Å². The number of carbonyl (C=O) groups is 6. The standard InChI is InChI=1S/C41H62N4O8/c1-11-13-15-22-31-28(8)36(46)42-33(25(3)4)39(49)43(9)34(26(5)6)40(50)53-32(24-29-19-16-14-17-20-29)38(48)45-23-18-21-30(45)37(47)44(10)35(27(7)12-2)41(51)52-31/h11,14,16-17,19-20,25-28,30-35H,1,12-13,15,18,21-24H2,2-10H3,(H,42,46)/t27-,28-,30-,31+,32-,33-,34-,35-/m0/s1. The van der Waals surface area contributed by atoms with Crippen molar-refractivity contribution in [2.75, 3.05) is 20.6 Å². The summed E-state index contributed by atoms with van der Waals surface area (Å²) in [7, 11) is 3.05. The van der Waals surface area contributed by atoms with Crippen molar-refractivity contribution in [1.29, 1.82) is 0 Å². The molecule has 1 aromatic rings. The minimum absolute atomic E-state index is 0.0543. The first-order valence-electron chi connectivity index (χ1n) is 19.2. The number of fused-ring (bicyclic) bond motifs is 1. The zero-order valence-corrected chi connectivity index (χ0v) is 33.2. The zero-order chi connectivity index (χ0) is 39.6. The molecule has 53 heavy (non-hydrogen) atoms. The van der Waals surface area contributed by atoms with Gasteiger partial charge in [-0.15, -0.1) is 6.58 Å². The number of likely N-dealkylation sites (N-methyl/N-ethyl adjacent to an activating group) is 2. The molecule has 294 valence electrons. The summed E-state index contributed by atoms with van der Waals surface area (Å²) in [6, 6.07) is 5.16. The quantitative estimate of drug-likeness (QED) is 0.210. The number of amides is 4. The van der Waals surface area contributed by atoms with Crippen LogP contribution >= 0.6 is 0 Å². The molecule has 0 saturated carbocycles. The van der Waals surface area contributed by atoms with Crippen molar-refractivity contribution >= 4 is 35.6 Å². The highest BCUT2D eigenvalue weighted by Crippen LogP contribution is 2.27. The SMILES string of the molecule is C=CCCC[C@H]1OC(=O)[C@H]([C@@H](C)CC)N(C)C(=O)[C@@H]2CCCN2C(=O)[C@H](Cc2ccccc2)OC(=O)[C@H](C(C)C)N(C)C(=O)[C@H](C(C)C)NC(=O)[C@H]1C. The highest BCUT2D eigenvalue weighted by Gasteiger charge is 2.45. The molecule has 0 radical (unpaired) electrons. The molecule has 0 unspecified atom stereocenters. The van der Waals surface area contributed by atoms with Gasteiger partial charge in [-0.1, -0.05) is 91.3 Å². The lowest BCUT2D eigenvalue weighted by atomic mass is 9.94. The van der Waals surface area contributed by atoms with Crippen LogP contribution < -0.4 is 5.32 Å². The number of rotatable bonds is 10. The number of nitrogens with zero attached hydrogens (tertiary/aromatic N) is 3. The highest BCUT2D eigenvalue weighted by atomic mass is 16.6. The number of nitrogens with one attached hydrogen (secondary N) is 1. The van der Waals surface area contributed by atoms with E-state index in [1.807, 2.05) is 44.2 Å². The van der Waals surface area contributed by atoms with Gasteiger partial charge in [0, 0.05) is 27.1 Å². The Morgan fingerprint density at radius 1 is 0.868 bits per heavy atom. The summed E-state index contributed by atoms with van der Waals surface area (Å²) in [6.45, 7) is 16.7. The summed E-state index contributed by atoms with van der Waals surface area (Å²) in [4.78, 5) is 89.3. The number of cyclic esters (lactones) is 2. The van der Waals surface area contributed by atoms with E-state index >= 15 is 0 Å². The zero-order valence-electron chi connectivity index (χ0n) is 33.2. The third-order valence-corrected chi connectivity index (χ3v) is 10.8. The second-order valence-electron chi connectivity index (χ2n) is 15.4. The number of ether oxygens (including phenoxy) is 2. The van der Waals surface area contributed by atoms with E-state index in [4.69, 9.17) is 9.47 Å². The normalized spacial score (nSPS) is 27.8. The molecule has 3 rings (SSSR count). The maximum Gasteiger partial charge on any atom is 0.329 e. The third kappa shape index (κ3) is 10.7. The van der Waals surface area contributed by atoms with Gasteiger partial charge in [0.1, 0.15) is 30.3 Å². The van der Waals surface area contributed by atoms with Crippen LogP contribution in [0.2, 0.25) is 0 Å². The predicted octanol–water partition coefficient (Wildman–Crippen LogP) is 4.55. The topological polar surface area (TPSA) is 143 Å². The predicted molar refractivity (Wildman–Crippen MR) is 202 cm³/mol. The average Bonchev–Trinajstić information content (AvgIpc) is 3.61. The van der Waals surface area contributed by atoms with Crippen molar-refractivity contribution in [3.63, 3.8) is 0 Å². The maximum atomic E-state index is 14.5. The number of allylic oxidation sites excluding steroid dienone is 1. The summed E-state index contributed by atoms with van der Waals surface area (Å²) < 4.78 is 12.2. The molecule has 8 atom stereocenters. The number of benzene rings is 1. The maximum absolute atomic E-state index is 14.5. The van der Waals surface area contributed by atoms with Gasteiger partial charge in [-0.25, -0.2) is 9.59 Å². The Morgan fingerprint density at radius 2 is 1.49 bits per heavy atom. The van der Waals surface area contributed by atoms with Crippen LogP contribution in [0.25, 0.3) is 0 Å². The lowest BCUT2D eigenvalue weighted by Gasteiger charge is -2.36. The van der Waals surface area contributed by atoms with Crippen molar-refractivity contribution in [3.05, 3.63) is 48.6 Å². The summed E-state index contributed by atoms with van der Waals surface area (Å²) in [5.41, 5.74) is 0.751. The van der Waals surface area contributed by atoms with Crippen molar-refractivity contribution in [2.45, 2.75) is 130 Å². The third-order valence-electron chi connectivity index (χ3n) is 10.8. The van der Waals surface area contributed by atoms with E-state index < -0.39 is 83.8 Å². The molecule has 1 aromatic carbocycles. The Morgan fingerprint density at radius 3 is 2.08 bits per heavy atom. The number of hydrogen-bond acceptors (Lipinski definition) is 8. The monoisotopic (exact) mass is 738 g/mol. The van der Waals surface area contributed by atoms with Crippen molar-refractivity contribution in [2.24, 2.45) is 23.7 Å². The van der Waals surface area contributed by atoms with E-state index in [0.717, 1.165) is 5.56 Å². The molecule has 0 spiro atoms. The van der Waals surface area contributed by atoms with Gasteiger partial charge >= 0.3 is 11.9 Å². The fraction of sp³-hybridized carbons (Fsp3) is 0.659.